The molecule has 6 aromatic rings. The van der Waals surface area contributed by atoms with Crippen molar-refractivity contribution in [2.75, 3.05) is 13.1 Å². The summed E-state index contributed by atoms with van der Waals surface area (Å²) in [6.45, 7) is 0.587. The first-order chi connectivity index (χ1) is 18.5. The van der Waals surface area contributed by atoms with Gasteiger partial charge < -0.3 is 4.98 Å². The van der Waals surface area contributed by atoms with Crippen molar-refractivity contribution in [1.82, 2.24) is 40.0 Å². The summed E-state index contributed by atoms with van der Waals surface area (Å²) < 4.78 is 27.3. The van der Waals surface area contributed by atoms with Crippen LogP contribution in [0.2, 0.25) is 0 Å². The molecule has 6 aromatic heterocycles. The Morgan fingerprint density at radius 1 is 0.895 bits per heavy atom. The monoisotopic (exact) mass is 508 g/mol. The van der Waals surface area contributed by atoms with Crippen LogP contribution in [0.25, 0.3) is 55.8 Å². The molecule has 1 saturated heterocycles. The second-order valence-electron chi connectivity index (χ2n) is 9.60. The summed E-state index contributed by atoms with van der Waals surface area (Å²) in [6, 6.07) is 13.7. The Balaban J connectivity index is 1.24. The van der Waals surface area contributed by atoms with Gasteiger partial charge in [0.25, 0.3) is 5.92 Å². The van der Waals surface area contributed by atoms with Gasteiger partial charge in [-0.1, -0.05) is 0 Å². The van der Waals surface area contributed by atoms with Gasteiger partial charge in [0.2, 0.25) is 0 Å². The maximum Gasteiger partial charge on any atom is 0.261 e. The average molecular weight is 509 g/mol. The quantitative estimate of drug-likeness (QED) is 0.321. The Labute approximate surface area is 215 Å². The minimum atomic E-state index is -2.62. The molecule has 7 heterocycles. The minimum absolute atomic E-state index is 0.102. The fourth-order valence-electron chi connectivity index (χ4n) is 5.08. The smallest absolute Gasteiger partial charge is 0.261 e. The van der Waals surface area contributed by atoms with Crippen molar-refractivity contribution >= 4 is 21.9 Å². The van der Waals surface area contributed by atoms with E-state index in [0.717, 1.165) is 55.7 Å². The number of likely N-dealkylation sites (tertiary alicyclic amines) is 1. The molecule has 0 bridgehead atoms. The van der Waals surface area contributed by atoms with Crippen LogP contribution in [-0.4, -0.2) is 59.0 Å². The summed E-state index contributed by atoms with van der Waals surface area (Å²) in [5.74, 6) is -2.62. The number of fused-ring (bicyclic) bond motifs is 2. The molecule has 188 valence electrons. The molecular formula is C28H22F2N8. The first kappa shape index (κ1) is 22.6. The van der Waals surface area contributed by atoms with Gasteiger partial charge in [0.05, 0.1) is 29.1 Å². The van der Waals surface area contributed by atoms with E-state index in [2.05, 4.69) is 30.1 Å². The lowest BCUT2D eigenvalue weighted by atomic mass is 10.1. The number of hydrogen-bond acceptors (Lipinski definition) is 6. The molecule has 0 radical (unpaired) electrons. The molecule has 0 atom stereocenters. The Morgan fingerprint density at radius 3 is 2.63 bits per heavy atom. The standard InChI is InChI=1S/C28H22F2N8/c29-28(30)6-10-38(16-28)15-17-11-19(14-32-13-17)21-1-2-23-26(35-21)27(37-36-23)24-12-20-22(34-24)5-9-33-25(20)18-3-7-31-8-4-18/h1-5,7-9,11-14,34H,6,10,15-16H2,(H,36,37). The van der Waals surface area contributed by atoms with Crippen LogP contribution in [0.3, 0.4) is 0 Å². The highest BCUT2D eigenvalue weighted by Crippen LogP contribution is 2.33. The number of rotatable bonds is 5. The molecule has 0 amide bonds. The third-order valence-electron chi connectivity index (χ3n) is 6.91. The van der Waals surface area contributed by atoms with Crippen LogP contribution in [0.15, 0.2) is 73.4 Å². The number of nitrogens with one attached hydrogen (secondary N) is 2. The Bertz CT molecular complexity index is 1780. The van der Waals surface area contributed by atoms with Gasteiger partial charge in [-0.2, -0.15) is 5.10 Å². The van der Waals surface area contributed by atoms with Gasteiger partial charge in [-0.15, -0.1) is 0 Å². The van der Waals surface area contributed by atoms with Crippen LogP contribution >= 0.6 is 0 Å². The van der Waals surface area contributed by atoms with Gasteiger partial charge in [-0.05, 0) is 48.0 Å². The summed E-state index contributed by atoms with van der Waals surface area (Å²) >= 11 is 0. The normalized spacial score (nSPS) is 15.5. The Hall–Kier alpha value is -4.57. The lowest BCUT2D eigenvalue weighted by Gasteiger charge is -2.15. The lowest BCUT2D eigenvalue weighted by molar-refractivity contribution is 0.0115. The second kappa shape index (κ2) is 8.77. The molecule has 0 saturated carbocycles. The van der Waals surface area contributed by atoms with E-state index in [0.29, 0.717) is 18.8 Å². The predicted molar refractivity (Wildman–Crippen MR) is 140 cm³/mol. The number of nitrogens with zero attached hydrogens (tertiary/aromatic N) is 6. The number of aromatic nitrogens is 7. The van der Waals surface area contributed by atoms with Crippen molar-refractivity contribution in [3.05, 3.63) is 79.0 Å². The zero-order chi connectivity index (χ0) is 25.7. The zero-order valence-electron chi connectivity index (χ0n) is 20.2. The van der Waals surface area contributed by atoms with Gasteiger partial charge in [-0.3, -0.25) is 25.0 Å². The fourth-order valence-corrected chi connectivity index (χ4v) is 5.08. The van der Waals surface area contributed by atoms with Gasteiger partial charge >= 0.3 is 0 Å². The van der Waals surface area contributed by atoms with E-state index in [1.165, 1.54) is 0 Å². The Kier molecular flexibility index (Phi) is 5.22. The third kappa shape index (κ3) is 4.08. The van der Waals surface area contributed by atoms with Crippen LogP contribution < -0.4 is 0 Å². The van der Waals surface area contributed by atoms with Gasteiger partial charge in [-0.25, -0.2) is 13.8 Å². The highest BCUT2D eigenvalue weighted by Gasteiger charge is 2.37. The number of halogens is 2. The number of pyridine rings is 4. The molecular weight excluding hydrogens is 486 g/mol. The maximum atomic E-state index is 13.6. The minimum Gasteiger partial charge on any atom is -0.353 e. The van der Waals surface area contributed by atoms with Crippen molar-refractivity contribution in [3.63, 3.8) is 0 Å². The van der Waals surface area contributed by atoms with Crippen molar-refractivity contribution < 1.29 is 8.78 Å². The molecule has 0 spiro atoms. The van der Waals surface area contributed by atoms with Crippen LogP contribution in [0, 0.1) is 0 Å². The van der Waals surface area contributed by atoms with Crippen LogP contribution in [-0.2, 0) is 6.54 Å². The molecule has 10 heteroatoms. The van der Waals surface area contributed by atoms with E-state index in [1.807, 2.05) is 42.5 Å². The van der Waals surface area contributed by atoms with Gasteiger partial charge in [0.1, 0.15) is 11.2 Å². The van der Waals surface area contributed by atoms with Gasteiger partial charge in [0, 0.05) is 72.5 Å². The first-order valence-electron chi connectivity index (χ1n) is 12.3. The molecule has 0 unspecified atom stereocenters. The van der Waals surface area contributed by atoms with Crippen LogP contribution in [0.4, 0.5) is 8.78 Å². The van der Waals surface area contributed by atoms with E-state index in [-0.39, 0.29) is 13.0 Å². The topological polar surface area (TPSA) is 99.3 Å². The molecule has 7 rings (SSSR count). The maximum absolute atomic E-state index is 13.6. The van der Waals surface area contributed by atoms with E-state index in [9.17, 15) is 8.78 Å². The lowest BCUT2D eigenvalue weighted by Crippen LogP contribution is -2.24. The van der Waals surface area contributed by atoms with E-state index in [4.69, 9.17) is 4.98 Å². The van der Waals surface area contributed by atoms with Crippen LogP contribution in [0.5, 0.6) is 0 Å². The van der Waals surface area contributed by atoms with E-state index < -0.39 is 5.92 Å². The fraction of sp³-hybridized carbons (Fsp3) is 0.179. The number of H-pyrrole nitrogens is 2. The summed E-state index contributed by atoms with van der Waals surface area (Å²) in [7, 11) is 0. The van der Waals surface area contributed by atoms with Crippen molar-refractivity contribution in [2.24, 2.45) is 0 Å². The highest BCUT2D eigenvalue weighted by atomic mass is 19.3. The molecule has 1 fully saturated rings. The third-order valence-corrected chi connectivity index (χ3v) is 6.91. The van der Waals surface area contributed by atoms with Crippen molar-refractivity contribution in [1.29, 1.82) is 0 Å². The van der Waals surface area contributed by atoms with Crippen molar-refractivity contribution in [2.45, 2.75) is 18.9 Å². The number of aromatic amines is 2. The summed E-state index contributed by atoms with van der Waals surface area (Å²) in [5, 5.41) is 8.61. The van der Waals surface area contributed by atoms with Gasteiger partial charge in [0.15, 0.2) is 0 Å². The first-order valence-corrected chi connectivity index (χ1v) is 12.3. The number of alkyl halides is 2. The van der Waals surface area contributed by atoms with E-state index in [1.54, 1.807) is 35.9 Å². The Morgan fingerprint density at radius 2 is 1.79 bits per heavy atom. The summed E-state index contributed by atoms with van der Waals surface area (Å²) in [5.41, 5.74) is 8.26. The molecule has 0 aromatic carbocycles. The molecule has 0 aliphatic carbocycles. The molecule has 38 heavy (non-hydrogen) atoms. The molecule has 2 N–H and O–H groups in total. The SMILES string of the molecule is FC1(F)CCN(Cc2cncc(-c3ccc4[nH]nc(-c5cc6c(-c7ccncc7)nccc6[nH]5)c4n3)c2)C1. The van der Waals surface area contributed by atoms with Crippen LogP contribution in [0.1, 0.15) is 12.0 Å². The molecule has 8 nitrogen and oxygen atoms in total. The van der Waals surface area contributed by atoms with Crippen molar-refractivity contribution in [3.8, 4) is 33.9 Å². The molecule has 1 aliphatic rings. The zero-order valence-corrected chi connectivity index (χ0v) is 20.2. The average Bonchev–Trinajstić information content (AvgIpc) is 3.64. The summed E-state index contributed by atoms with van der Waals surface area (Å²) in [4.78, 5) is 23.2. The largest absolute Gasteiger partial charge is 0.353 e. The summed E-state index contributed by atoms with van der Waals surface area (Å²) in [6.07, 6.45) is 8.64. The highest BCUT2D eigenvalue weighted by molar-refractivity contribution is 5.99. The predicted octanol–water partition coefficient (Wildman–Crippen LogP) is 5.47. The second-order valence-corrected chi connectivity index (χ2v) is 9.60. The van der Waals surface area contributed by atoms with E-state index >= 15 is 0 Å². The number of hydrogen-bond donors (Lipinski definition) is 2. The molecule has 1 aliphatic heterocycles.